The maximum absolute atomic E-state index is 13.2. The number of aromatic nitrogens is 4. The molecule has 0 saturated heterocycles. The lowest BCUT2D eigenvalue weighted by molar-refractivity contribution is -0.110. The summed E-state index contributed by atoms with van der Waals surface area (Å²) in [4.78, 5) is 11.5. The summed E-state index contributed by atoms with van der Waals surface area (Å²) in [7, 11) is 0. The minimum absolute atomic E-state index is 0.00959. The number of nitrogens with one attached hydrogen (secondary N) is 2. The molecule has 1 aliphatic heterocycles. The quantitative estimate of drug-likeness (QED) is 0.301. The molecule has 4 aromatic rings. The molecule has 6 nitrogen and oxygen atoms in total. The minimum atomic E-state index is -2.48. The number of fused-ring (bicyclic) bond motifs is 1. The standard InChI is InChI=1S/C29H28F2N6/c1-19(12-20-14-29(30,31)15-20)37-11-9-22-13-23(2-3-24(22)18-37)28-32-10-8-27(36-28)35-26-6-4-21(5-7-26)25-16-33-34-17-25/h2-8,10,13,16-17,20H,1,9,11-12,14-15,18H2,(H,33,34)(H,32,35,36). The van der Waals surface area contributed by atoms with Crippen molar-refractivity contribution in [2.24, 2.45) is 5.92 Å². The van der Waals surface area contributed by atoms with Crippen LogP contribution in [0, 0.1) is 5.92 Å². The fourth-order valence-electron chi connectivity index (χ4n) is 5.22. The number of allylic oxidation sites excluding steroid dienone is 1. The molecule has 37 heavy (non-hydrogen) atoms. The van der Waals surface area contributed by atoms with E-state index >= 15 is 0 Å². The van der Waals surface area contributed by atoms with Crippen molar-refractivity contribution in [3.05, 3.63) is 90.5 Å². The predicted molar refractivity (Wildman–Crippen MR) is 140 cm³/mol. The summed E-state index contributed by atoms with van der Waals surface area (Å²) >= 11 is 0. The molecule has 2 aromatic heterocycles. The van der Waals surface area contributed by atoms with E-state index in [4.69, 9.17) is 4.98 Å². The number of alkyl halides is 2. The van der Waals surface area contributed by atoms with Crippen LogP contribution in [0.4, 0.5) is 20.3 Å². The lowest BCUT2D eigenvalue weighted by Crippen LogP contribution is -2.37. The fourth-order valence-corrected chi connectivity index (χ4v) is 5.22. The Hall–Kier alpha value is -4.07. The van der Waals surface area contributed by atoms with Crippen LogP contribution in [0.25, 0.3) is 22.5 Å². The number of H-pyrrole nitrogens is 1. The topological polar surface area (TPSA) is 69.7 Å². The number of hydrogen-bond donors (Lipinski definition) is 2. The minimum Gasteiger partial charge on any atom is -0.371 e. The normalized spacial score (nSPS) is 16.6. The Kier molecular flexibility index (Phi) is 5.94. The summed E-state index contributed by atoms with van der Waals surface area (Å²) in [6.07, 6.45) is 6.94. The van der Waals surface area contributed by atoms with E-state index in [9.17, 15) is 8.78 Å². The third kappa shape index (κ3) is 5.09. The van der Waals surface area contributed by atoms with Gasteiger partial charge in [-0.05, 0) is 59.7 Å². The molecule has 2 N–H and O–H groups in total. The molecule has 0 amide bonds. The number of hydrogen-bond acceptors (Lipinski definition) is 5. The molecule has 0 radical (unpaired) electrons. The van der Waals surface area contributed by atoms with E-state index in [0.29, 0.717) is 12.2 Å². The fraction of sp³-hybridized carbons (Fsp3) is 0.276. The van der Waals surface area contributed by atoms with Crippen LogP contribution in [-0.4, -0.2) is 37.5 Å². The van der Waals surface area contributed by atoms with Crippen molar-refractivity contribution < 1.29 is 8.78 Å². The van der Waals surface area contributed by atoms with Crippen LogP contribution >= 0.6 is 0 Å². The number of halogens is 2. The molecule has 0 bridgehead atoms. The molecule has 2 aliphatic rings. The second-order valence-electron chi connectivity index (χ2n) is 10.0. The molecule has 1 saturated carbocycles. The van der Waals surface area contributed by atoms with Crippen molar-refractivity contribution >= 4 is 11.5 Å². The maximum Gasteiger partial charge on any atom is 0.248 e. The van der Waals surface area contributed by atoms with Gasteiger partial charge in [-0.1, -0.05) is 30.8 Å². The Morgan fingerprint density at radius 2 is 1.86 bits per heavy atom. The summed E-state index contributed by atoms with van der Waals surface area (Å²) in [5, 5.41) is 10.2. The zero-order chi connectivity index (χ0) is 25.4. The van der Waals surface area contributed by atoms with Crippen LogP contribution in [0.5, 0.6) is 0 Å². The zero-order valence-electron chi connectivity index (χ0n) is 20.4. The van der Waals surface area contributed by atoms with Gasteiger partial charge in [-0.2, -0.15) is 5.10 Å². The van der Waals surface area contributed by atoms with Crippen molar-refractivity contribution in [2.75, 3.05) is 11.9 Å². The molecule has 2 aromatic carbocycles. The van der Waals surface area contributed by atoms with E-state index in [0.717, 1.165) is 53.4 Å². The van der Waals surface area contributed by atoms with Crippen LogP contribution in [0.2, 0.25) is 0 Å². The Morgan fingerprint density at radius 1 is 1.05 bits per heavy atom. The second-order valence-corrected chi connectivity index (χ2v) is 10.0. The van der Waals surface area contributed by atoms with Crippen molar-refractivity contribution in [1.29, 1.82) is 0 Å². The van der Waals surface area contributed by atoms with Crippen molar-refractivity contribution in [3.8, 4) is 22.5 Å². The predicted octanol–water partition coefficient (Wildman–Crippen LogP) is 6.58. The number of nitrogens with zero attached hydrogens (tertiary/aromatic N) is 4. The Balaban J connectivity index is 1.11. The third-order valence-corrected chi connectivity index (χ3v) is 7.27. The first kappa shape index (κ1) is 23.3. The number of benzene rings is 2. The molecular formula is C29H28F2N6. The van der Waals surface area contributed by atoms with Gasteiger partial charge in [0.05, 0.1) is 6.20 Å². The summed E-state index contributed by atoms with van der Waals surface area (Å²) in [6, 6.07) is 16.3. The number of aromatic amines is 1. The number of rotatable bonds is 7. The van der Waals surface area contributed by atoms with Gasteiger partial charge in [-0.3, -0.25) is 5.10 Å². The lowest BCUT2D eigenvalue weighted by Gasteiger charge is -2.39. The van der Waals surface area contributed by atoms with Gasteiger partial charge in [0, 0.05) is 60.8 Å². The van der Waals surface area contributed by atoms with Gasteiger partial charge in [0.15, 0.2) is 5.82 Å². The Labute approximate surface area is 214 Å². The van der Waals surface area contributed by atoms with E-state index in [1.54, 1.807) is 12.4 Å². The Bertz CT molecular complexity index is 1410. The highest BCUT2D eigenvalue weighted by Gasteiger charge is 2.45. The van der Waals surface area contributed by atoms with Gasteiger partial charge in [0.25, 0.3) is 0 Å². The second kappa shape index (κ2) is 9.42. The summed E-state index contributed by atoms with van der Waals surface area (Å²) in [6.45, 7) is 5.80. The summed E-state index contributed by atoms with van der Waals surface area (Å²) in [5.74, 6) is -1.03. The highest BCUT2D eigenvalue weighted by atomic mass is 19.3. The van der Waals surface area contributed by atoms with Gasteiger partial charge < -0.3 is 10.2 Å². The first-order valence-electron chi connectivity index (χ1n) is 12.5. The molecule has 0 unspecified atom stereocenters. The van der Waals surface area contributed by atoms with Gasteiger partial charge in [-0.25, -0.2) is 18.7 Å². The molecule has 0 spiro atoms. The summed E-state index contributed by atoms with van der Waals surface area (Å²) in [5.41, 5.74) is 7.52. The van der Waals surface area contributed by atoms with E-state index in [1.165, 1.54) is 11.1 Å². The first-order valence-corrected chi connectivity index (χ1v) is 12.5. The SMILES string of the molecule is C=C(CC1CC(F)(F)C1)N1CCc2cc(-c3nccc(Nc4ccc(-c5cn[nH]c5)cc4)n3)ccc2C1. The van der Waals surface area contributed by atoms with Gasteiger partial charge in [0.2, 0.25) is 5.92 Å². The van der Waals surface area contributed by atoms with Gasteiger partial charge >= 0.3 is 0 Å². The lowest BCUT2D eigenvalue weighted by atomic mass is 9.78. The average Bonchev–Trinajstić information content (AvgIpc) is 3.43. The van der Waals surface area contributed by atoms with Crippen LogP contribution in [-0.2, 0) is 13.0 Å². The summed E-state index contributed by atoms with van der Waals surface area (Å²) < 4.78 is 26.4. The molecular weight excluding hydrogens is 470 g/mol. The van der Waals surface area contributed by atoms with E-state index in [2.05, 4.69) is 50.2 Å². The number of anilines is 2. The third-order valence-electron chi connectivity index (χ3n) is 7.27. The van der Waals surface area contributed by atoms with Crippen molar-refractivity contribution in [2.45, 2.75) is 38.2 Å². The van der Waals surface area contributed by atoms with Crippen molar-refractivity contribution in [1.82, 2.24) is 25.1 Å². The van der Waals surface area contributed by atoms with Crippen LogP contribution in [0.15, 0.2) is 79.4 Å². The molecule has 1 fully saturated rings. The van der Waals surface area contributed by atoms with Crippen LogP contribution < -0.4 is 5.32 Å². The van der Waals surface area contributed by atoms with Crippen LogP contribution in [0.1, 0.15) is 30.4 Å². The van der Waals surface area contributed by atoms with Gasteiger partial charge in [0.1, 0.15) is 5.82 Å². The molecule has 8 heteroatoms. The Morgan fingerprint density at radius 3 is 2.62 bits per heavy atom. The highest BCUT2D eigenvalue weighted by Crippen LogP contribution is 2.45. The molecule has 3 heterocycles. The van der Waals surface area contributed by atoms with E-state index in [-0.39, 0.29) is 18.8 Å². The van der Waals surface area contributed by atoms with E-state index in [1.807, 2.05) is 36.5 Å². The monoisotopic (exact) mass is 498 g/mol. The van der Waals surface area contributed by atoms with Crippen LogP contribution in [0.3, 0.4) is 0 Å². The highest BCUT2D eigenvalue weighted by molar-refractivity contribution is 5.67. The molecule has 1 aliphatic carbocycles. The maximum atomic E-state index is 13.2. The smallest absolute Gasteiger partial charge is 0.248 e. The molecule has 6 rings (SSSR count). The first-order chi connectivity index (χ1) is 17.9. The van der Waals surface area contributed by atoms with Gasteiger partial charge in [-0.15, -0.1) is 0 Å². The molecule has 188 valence electrons. The largest absolute Gasteiger partial charge is 0.371 e. The average molecular weight is 499 g/mol. The van der Waals surface area contributed by atoms with Crippen molar-refractivity contribution in [3.63, 3.8) is 0 Å². The van der Waals surface area contributed by atoms with E-state index < -0.39 is 5.92 Å². The molecule has 0 atom stereocenters. The zero-order valence-corrected chi connectivity index (χ0v) is 20.4.